The fraction of sp³-hybridized carbons (Fsp3) is 0.364. The van der Waals surface area contributed by atoms with Crippen LogP contribution in [0.3, 0.4) is 0 Å². The summed E-state index contributed by atoms with van der Waals surface area (Å²) < 4.78 is 13.4. The van der Waals surface area contributed by atoms with Gasteiger partial charge in [0.2, 0.25) is 5.95 Å². The summed E-state index contributed by atoms with van der Waals surface area (Å²) in [4.78, 5) is 27.5. The second kappa shape index (κ2) is 8.62. The first kappa shape index (κ1) is 20.0. The highest BCUT2D eigenvalue weighted by Gasteiger charge is 2.25. The SMILES string of the molecule is CC(C)Oc1cccc(C2CN(c3nc(-c4ccncn4)cc(=O)n3C)CCO2)c1. The summed E-state index contributed by atoms with van der Waals surface area (Å²) in [6.45, 7) is 5.77. The fourth-order valence-corrected chi connectivity index (χ4v) is 3.48. The van der Waals surface area contributed by atoms with Crippen LogP contribution in [0.2, 0.25) is 0 Å². The molecule has 2 aromatic heterocycles. The molecule has 8 heteroatoms. The van der Waals surface area contributed by atoms with E-state index in [0.717, 1.165) is 11.3 Å². The Morgan fingerprint density at radius 3 is 2.83 bits per heavy atom. The molecule has 30 heavy (non-hydrogen) atoms. The zero-order valence-corrected chi connectivity index (χ0v) is 17.4. The molecule has 0 radical (unpaired) electrons. The highest BCUT2D eigenvalue weighted by atomic mass is 16.5. The molecule has 0 spiro atoms. The van der Waals surface area contributed by atoms with Crippen molar-refractivity contribution < 1.29 is 9.47 Å². The van der Waals surface area contributed by atoms with Gasteiger partial charge in [-0.05, 0) is 37.6 Å². The lowest BCUT2D eigenvalue weighted by atomic mass is 10.1. The van der Waals surface area contributed by atoms with Crippen LogP contribution in [-0.4, -0.2) is 45.3 Å². The van der Waals surface area contributed by atoms with Crippen LogP contribution in [0.25, 0.3) is 11.4 Å². The molecule has 0 bridgehead atoms. The van der Waals surface area contributed by atoms with Gasteiger partial charge in [0.25, 0.3) is 5.56 Å². The highest BCUT2D eigenvalue weighted by Crippen LogP contribution is 2.28. The zero-order valence-electron chi connectivity index (χ0n) is 17.4. The van der Waals surface area contributed by atoms with E-state index >= 15 is 0 Å². The van der Waals surface area contributed by atoms with Crippen molar-refractivity contribution in [2.75, 3.05) is 24.6 Å². The van der Waals surface area contributed by atoms with Crippen molar-refractivity contribution in [1.82, 2.24) is 19.5 Å². The van der Waals surface area contributed by atoms with E-state index in [9.17, 15) is 4.79 Å². The lowest BCUT2D eigenvalue weighted by Crippen LogP contribution is -2.41. The maximum Gasteiger partial charge on any atom is 0.255 e. The third kappa shape index (κ3) is 4.33. The Morgan fingerprint density at radius 1 is 1.20 bits per heavy atom. The van der Waals surface area contributed by atoms with Gasteiger partial charge in [-0.2, -0.15) is 0 Å². The predicted octanol–water partition coefficient (Wildman–Crippen LogP) is 2.60. The molecule has 1 aliphatic rings. The normalized spacial score (nSPS) is 16.7. The van der Waals surface area contributed by atoms with Crippen LogP contribution < -0.4 is 15.2 Å². The molecule has 1 fully saturated rings. The van der Waals surface area contributed by atoms with E-state index in [0.29, 0.717) is 37.0 Å². The average molecular weight is 407 g/mol. The first-order chi connectivity index (χ1) is 14.5. The van der Waals surface area contributed by atoms with Gasteiger partial charge in [-0.3, -0.25) is 9.36 Å². The number of aromatic nitrogens is 4. The first-order valence-corrected chi connectivity index (χ1v) is 9.99. The maximum absolute atomic E-state index is 12.6. The van der Waals surface area contributed by atoms with Crippen LogP contribution in [0, 0.1) is 0 Å². The van der Waals surface area contributed by atoms with Crippen LogP contribution in [0.1, 0.15) is 25.5 Å². The molecular formula is C22H25N5O3. The number of ether oxygens (including phenoxy) is 2. The van der Waals surface area contributed by atoms with E-state index in [1.54, 1.807) is 23.9 Å². The fourth-order valence-electron chi connectivity index (χ4n) is 3.48. The Kier molecular flexibility index (Phi) is 5.76. The van der Waals surface area contributed by atoms with Gasteiger partial charge >= 0.3 is 0 Å². The van der Waals surface area contributed by atoms with Gasteiger partial charge in [-0.25, -0.2) is 15.0 Å². The summed E-state index contributed by atoms with van der Waals surface area (Å²) in [6, 6.07) is 11.2. The molecule has 0 amide bonds. The minimum absolute atomic E-state index is 0.104. The van der Waals surface area contributed by atoms with Gasteiger partial charge in [-0.15, -0.1) is 0 Å². The summed E-state index contributed by atoms with van der Waals surface area (Å²) in [5.74, 6) is 1.42. The van der Waals surface area contributed by atoms with Crippen LogP contribution in [0.5, 0.6) is 5.75 Å². The molecule has 0 N–H and O–H groups in total. The molecule has 0 saturated carbocycles. The number of rotatable bonds is 5. The van der Waals surface area contributed by atoms with E-state index in [1.165, 1.54) is 12.4 Å². The largest absolute Gasteiger partial charge is 0.491 e. The van der Waals surface area contributed by atoms with E-state index in [4.69, 9.17) is 14.5 Å². The number of benzene rings is 1. The zero-order chi connectivity index (χ0) is 21.1. The summed E-state index contributed by atoms with van der Waals surface area (Å²) in [6.07, 6.45) is 3.05. The van der Waals surface area contributed by atoms with Crippen molar-refractivity contribution >= 4 is 5.95 Å². The molecule has 1 aliphatic heterocycles. The molecule has 156 valence electrons. The molecule has 8 nitrogen and oxygen atoms in total. The van der Waals surface area contributed by atoms with Crippen LogP contribution >= 0.6 is 0 Å². The Morgan fingerprint density at radius 2 is 2.07 bits per heavy atom. The average Bonchev–Trinajstić information content (AvgIpc) is 2.76. The highest BCUT2D eigenvalue weighted by molar-refractivity contribution is 5.55. The van der Waals surface area contributed by atoms with Crippen molar-refractivity contribution in [2.24, 2.45) is 7.05 Å². The van der Waals surface area contributed by atoms with Gasteiger partial charge in [0.15, 0.2) is 0 Å². The second-order valence-corrected chi connectivity index (χ2v) is 7.48. The lowest BCUT2D eigenvalue weighted by molar-refractivity contribution is 0.0387. The molecule has 3 heterocycles. The maximum atomic E-state index is 12.6. The van der Waals surface area contributed by atoms with Gasteiger partial charge in [0.1, 0.15) is 18.2 Å². The molecule has 4 rings (SSSR count). The van der Waals surface area contributed by atoms with Gasteiger partial charge < -0.3 is 14.4 Å². The Labute approximate surface area is 175 Å². The standard InChI is InChI=1S/C22H25N5O3/c1-15(2)30-17-6-4-5-16(11-17)20-13-27(9-10-29-20)22-25-19(12-21(28)26(22)3)18-7-8-23-14-24-18/h4-8,11-12,14-15,20H,9-10,13H2,1-3H3. The summed E-state index contributed by atoms with van der Waals surface area (Å²) in [5.41, 5.74) is 2.05. The molecule has 1 atom stereocenters. The minimum Gasteiger partial charge on any atom is -0.491 e. The summed E-state index contributed by atoms with van der Waals surface area (Å²) in [5, 5.41) is 0. The summed E-state index contributed by atoms with van der Waals surface area (Å²) >= 11 is 0. The van der Waals surface area contributed by atoms with Crippen LogP contribution in [0.4, 0.5) is 5.95 Å². The molecule has 1 aromatic carbocycles. The minimum atomic E-state index is -0.144. The third-order valence-electron chi connectivity index (χ3n) is 4.91. The van der Waals surface area contributed by atoms with E-state index in [2.05, 4.69) is 14.9 Å². The smallest absolute Gasteiger partial charge is 0.255 e. The third-order valence-corrected chi connectivity index (χ3v) is 4.91. The van der Waals surface area contributed by atoms with Crippen molar-refractivity contribution in [3.05, 3.63) is 64.8 Å². The Balaban J connectivity index is 1.62. The van der Waals surface area contributed by atoms with Crippen LogP contribution in [-0.2, 0) is 11.8 Å². The number of morpholine rings is 1. The van der Waals surface area contributed by atoms with Gasteiger partial charge in [0, 0.05) is 25.9 Å². The Bertz CT molecular complexity index is 1070. The summed E-state index contributed by atoms with van der Waals surface area (Å²) in [7, 11) is 1.73. The van der Waals surface area contributed by atoms with Gasteiger partial charge in [-0.1, -0.05) is 12.1 Å². The number of anilines is 1. The van der Waals surface area contributed by atoms with Crippen molar-refractivity contribution in [3.63, 3.8) is 0 Å². The monoisotopic (exact) mass is 407 g/mol. The lowest BCUT2D eigenvalue weighted by Gasteiger charge is -2.34. The molecule has 1 unspecified atom stereocenters. The number of nitrogens with zero attached hydrogens (tertiary/aromatic N) is 5. The molecular weight excluding hydrogens is 382 g/mol. The van der Waals surface area contributed by atoms with Crippen molar-refractivity contribution in [2.45, 2.75) is 26.1 Å². The van der Waals surface area contributed by atoms with E-state index in [-0.39, 0.29) is 17.8 Å². The predicted molar refractivity (Wildman–Crippen MR) is 114 cm³/mol. The molecule has 1 saturated heterocycles. The van der Waals surface area contributed by atoms with E-state index < -0.39 is 0 Å². The topological polar surface area (TPSA) is 82.4 Å². The Hall–Kier alpha value is -3.26. The van der Waals surface area contributed by atoms with Crippen molar-refractivity contribution in [3.8, 4) is 17.1 Å². The number of hydrogen-bond acceptors (Lipinski definition) is 7. The molecule has 0 aliphatic carbocycles. The molecule has 3 aromatic rings. The van der Waals surface area contributed by atoms with E-state index in [1.807, 2.05) is 38.1 Å². The quantitative estimate of drug-likeness (QED) is 0.643. The van der Waals surface area contributed by atoms with Crippen molar-refractivity contribution in [1.29, 1.82) is 0 Å². The number of hydrogen-bond donors (Lipinski definition) is 0. The second-order valence-electron chi connectivity index (χ2n) is 7.48. The first-order valence-electron chi connectivity index (χ1n) is 9.99. The van der Waals surface area contributed by atoms with Gasteiger partial charge in [0.05, 0.1) is 30.6 Å². The van der Waals surface area contributed by atoms with Crippen LogP contribution in [0.15, 0.2) is 53.7 Å².